The molecule has 2 saturated carbocycles. The van der Waals surface area contributed by atoms with Gasteiger partial charge in [0.15, 0.2) is 5.78 Å². The van der Waals surface area contributed by atoms with Crippen molar-refractivity contribution >= 4 is 17.4 Å². The molecule has 2 heteroatoms. The molecule has 2 aliphatic carbocycles. The normalized spacial score (nSPS) is 24.3. The standard InChI is InChI=1S/C17H29ClO/c18-16(13-15-9-5-2-6-10-15)17(19)12-11-14-7-3-1-4-8-14/h14-16H,1-13H2/t16-/m0/s1. The van der Waals surface area contributed by atoms with Gasteiger partial charge in [0, 0.05) is 6.42 Å². The summed E-state index contributed by atoms with van der Waals surface area (Å²) >= 11 is 6.33. The van der Waals surface area contributed by atoms with Gasteiger partial charge in [0.05, 0.1) is 5.38 Å². The average molecular weight is 285 g/mol. The zero-order chi connectivity index (χ0) is 13.5. The van der Waals surface area contributed by atoms with Crippen LogP contribution in [0.4, 0.5) is 0 Å². The predicted molar refractivity (Wildman–Crippen MR) is 81.6 cm³/mol. The second-order valence-corrected chi connectivity index (χ2v) is 7.24. The molecule has 0 amide bonds. The van der Waals surface area contributed by atoms with E-state index >= 15 is 0 Å². The van der Waals surface area contributed by atoms with Crippen LogP contribution in [-0.2, 0) is 4.79 Å². The Morgan fingerprint density at radius 2 is 1.42 bits per heavy atom. The third-order valence-corrected chi connectivity index (χ3v) is 5.56. The zero-order valence-corrected chi connectivity index (χ0v) is 13.0. The van der Waals surface area contributed by atoms with Crippen molar-refractivity contribution < 1.29 is 4.79 Å². The highest BCUT2D eigenvalue weighted by molar-refractivity contribution is 6.31. The second-order valence-electron chi connectivity index (χ2n) is 6.72. The van der Waals surface area contributed by atoms with Crippen molar-refractivity contribution in [3.05, 3.63) is 0 Å². The number of rotatable bonds is 6. The Morgan fingerprint density at radius 3 is 2.00 bits per heavy atom. The molecule has 0 saturated heterocycles. The molecule has 0 aromatic rings. The lowest BCUT2D eigenvalue weighted by atomic mass is 9.83. The highest BCUT2D eigenvalue weighted by atomic mass is 35.5. The fourth-order valence-electron chi connectivity index (χ4n) is 3.83. The average Bonchev–Trinajstić information content (AvgIpc) is 2.47. The Morgan fingerprint density at radius 1 is 0.895 bits per heavy atom. The number of hydrogen-bond acceptors (Lipinski definition) is 1. The molecule has 2 fully saturated rings. The van der Waals surface area contributed by atoms with E-state index in [1.165, 1.54) is 64.2 Å². The number of ketones is 1. The van der Waals surface area contributed by atoms with E-state index in [4.69, 9.17) is 11.6 Å². The molecule has 0 heterocycles. The number of hydrogen-bond donors (Lipinski definition) is 0. The van der Waals surface area contributed by atoms with Crippen LogP contribution in [0, 0.1) is 11.8 Å². The van der Waals surface area contributed by atoms with Crippen LogP contribution in [0.2, 0.25) is 0 Å². The largest absolute Gasteiger partial charge is 0.298 e. The molecule has 110 valence electrons. The summed E-state index contributed by atoms with van der Waals surface area (Å²) in [5, 5.41) is -0.202. The molecule has 0 aromatic carbocycles. The van der Waals surface area contributed by atoms with Crippen LogP contribution in [0.3, 0.4) is 0 Å². The van der Waals surface area contributed by atoms with E-state index in [1.54, 1.807) is 0 Å². The van der Waals surface area contributed by atoms with Crippen LogP contribution in [0.25, 0.3) is 0 Å². The number of halogens is 1. The number of alkyl halides is 1. The maximum atomic E-state index is 12.1. The number of carbonyl (C=O) groups is 1. The first-order chi connectivity index (χ1) is 9.25. The van der Waals surface area contributed by atoms with Crippen molar-refractivity contribution in [1.29, 1.82) is 0 Å². The molecule has 2 aliphatic rings. The van der Waals surface area contributed by atoms with Gasteiger partial charge in [-0.15, -0.1) is 11.6 Å². The van der Waals surface area contributed by atoms with E-state index in [9.17, 15) is 4.79 Å². The summed E-state index contributed by atoms with van der Waals surface area (Å²) in [6.45, 7) is 0. The third kappa shape index (κ3) is 5.45. The molecule has 0 unspecified atom stereocenters. The Hall–Kier alpha value is -0.0400. The van der Waals surface area contributed by atoms with Gasteiger partial charge in [-0.05, 0) is 24.7 Å². The molecule has 1 atom stereocenters. The van der Waals surface area contributed by atoms with Crippen LogP contribution in [0.5, 0.6) is 0 Å². The minimum Gasteiger partial charge on any atom is -0.298 e. The second kappa shape index (κ2) is 8.29. The van der Waals surface area contributed by atoms with Gasteiger partial charge >= 0.3 is 0 Å². The molecular weight excluding hydrogens is 256 g/mol. The molecule has 19 heavy (non-hydrogen) atoms. The molecule has 0 aliphatic heterocycles. The summed E-state index contributed by atoms with van der Waals surface area (Å²) < 4.78 is 0. The van der Waals surface area contributed by atoms with E-state index in [2.05, 4.69) is 0 Å². The molecule has 2 rings (SSSR count). The van der Waals surface area contributed by atoms with E-state index in [0.29, 0.717) is 5.78 Å². The summed E-state index contributed by atoms with van der Waals surface area (Å²) in [5.41, 5.74) is 0. The van der Waals surface area contributed by atoms with Gasteiger partial charge in [-0.25, -0.2) is 0 Å². The lowest BCUT2D eigenvalue weighted by Gasteiger charge is -2.24. The van der Waals surface area contributed by atoms with Crippen LogP contribution < -0.4 is 0 Å². The van der Waals surface area contributed by atoms with Crippen molar-refractivity contribution in [2.24, 2.45) is 11.8 Å². The molecule has 0 N–H and O–H groups in total. The summed E-state index contributed by atoms with van der Waals surface area (Å²) in [4.78, 5) is 12.1. The van der Waals surface area contributed by atoms with E-state index < -0.39 is 0 Å². The highest BCUT2D eigenvalue weighted by Crippen LogP contribution is 2.31. The summed E-state index contributed by atoms with van der Waals surface area (Å²) in [5.74, 6) is 1.84. The minimum atomic E-state index is -0.202. The smallest absolute Gasteiger partial charge is 0.150 e. The number of Topliss-reactive ketones (excluding diaryl/α,β-unsaturated/α-hetero) is 1. The van der Waals surface area contributed by atoms with Crippen LogP contribution >= 0.6 is 11.6 Å². The van der Waals surface area contributed by atoms with Gasteiger partial charge < -0.3 is 0 Å². The van der Waals surface area contributed by atoms with Crippen molar-refractivity contribution in [3.63, 3.8) is 0 Å². The first-order valence-electron chi connectivity index (χ1n) is 8.42. The molecule has 1 nitrogen and oxygen atoms in total. The van der Waals surface area contributed by atoms with Crippen molar-refractivity contribution in [1.82, 2.24) is 0 Å². The monoisotopic (exact) mass is 284 g/mol. The fourth-order valence-corrected chi connectivity index (χ4v) is 4.19. The summed E-state index contributed by atoms with van der Waals surface area (Å²) in [6.07, 6.45) is 16.2. The van der Waals surface area contributed by atoms with Crippen LogP contribution in [0.1, 0.15) is 83.5 Å². The van der Waals surface area contributed by atoms with Crippen molar-refractivity contribution in [3.8, 4) is 0 Å². The quantitative estimate of drug-likeness (QED) is 0.589. The first kappa shape index (κ1) is 15.4. The summed E-state index contributed by atoms with van der Waals surface area (Å²) in [7, 11) is 0. The fraction of sp³-hybridized carbons (Fsp3) is 0.941. The molecular formula is C17H29ClO. The summed E-state index contributed by atoms with van der Waals surface area (Å²) in [6, 6.07) is 0. The molecule has 0 radical (unpaired) electrons. The topological polar surface area (TPSA) is 17.1 Å². The third-order valence-electron chi connectivity index (χ3n) is 5.14. The van der Waals surface area contributed by atoms with Crippen molar-refractivity contribution in [2.45, 2.75) is 88.8 Å². The van der Waals surface area contributed by atoms with E-state index in [0.717, 1.165) is 31.1 Å². The van der Waals surface area contributed by atoms with Crippen molar-refractivity contribution in [2.75, 3.05) is 0 Å². The minimum absolute atomic E-state index is 0.202. The van der Waals surface area contributed by atoms with Gasteiger partial charge in [0.2, 0.25) is 0 Å². The highest BCUT2D eigenvalue weighted by Gasteiger charge is 2.23. The van der Waals surface area contributed by atoms with Gasteiger partial charge in [0.25, 0.3) is 0 Å². The zero-order valence-electron chi connectivity index (χ0n) is 12.2. The Bertz CT molecular complexity index is 264. The molecule has 0 spiro atoms. The van der Waals surface area contributed by atoms with Gasteiger partial charge in [-0.2, -0.15) is 0 Å². The van der Waals surface area contributed by atoms with Gasteiger partial charge in [0.1, 0.15) is 0 Å². The van der Waals surface area contributed by atoms with E-state index in [-0.39, 0.29) is 5.38 Å². The molecule has 0 bridgehead atoms. The van der Waals surface area contributed by atoms with Gasteiger partial charge in [-0.3, -0.25) is 4.79 Å². The van der Waals surface area contributed by atoms with Crippen LogP contribution in [0.15, 0.2) is 0 Å². The predicted octanol–water partition coefficient (Wildman–Crippen LogP) is 5.49. The lowest BCUT2D eigenvalue weighted by molar-refractivity contribution is -0.119. The Kier molecular flexibility index (Phi) is 6.70. The maximum absolute atomic E-state index is 12.1. The Balaban J connectivity index is 1.63. The lowest BCUT2D eigenvalue weighted by Crippen LogP contribution is -2.21. The first-order valence-corrected chi connectivity index (χ1v) is 8.86. The van der Waals surface area contributed by atoms with Gasteiger partial charge in [-0.1, -0.05) is 64.2 Å². The maximum Gasteiger partial charge on any atom is 0.150 e. The Labute approximate surface area is 123 Å². The van der Waals surface area contributed by atoms with Crippen LogP contribution in [-0.4, -0.2) is 11.2 Å². The van der Waals surface area contributed by atoms with E-state index in [1.807, 2.05) is 0 Å². The molecule has 0 aromatic heterocycles. The number of carbonyl (C=O) groups excluding carboxylic acids is 1. The SMILES string of the molecule is O=C(CCC1CCCCC1)[C@@H](Cl)CC1CCCCC1.